The van der Waals surface area contributed by atoms with Gasteiger partial charge in [0.15, 0.2) is 0 Å². The Morgan fingerprint density at radius 3 is 2.88 bits per heavy atom. The molecule has 0 saturated heterocycles. The molecule has 0 unspecified atom stereocenters. The van der Waals surface area contributed by atoms with E-state index >= 15 is 0 Å². The third-order valence-electron chi connectivity index (χ3n) is 0.636. The van der Waals surface area contributed by atoms with Crippen LogP contribution in [-0.2, 0) is 9.59 Å². The van der Waals surface area contributed by atoms with E-state index in [1.165, 1.54) is 0 Å². The van der Waals surface area contributed by atoms with Crippen molar-refractivity contribution >= 4 is 12.6 Å². The van der Waals surface area contributed by atoms with Crippen LogP contribution in [0.1, 0.15) is 6.42 Å². The first-order chi connectivity index (χ1) is 3.91. The van der Waals surface area contributed by atoms with Crippen molar-refractivity contribution in [3.05, 3.63) is 0 Å². The van der Waals surface area contributed by atoms with Gasteiger partial charge in [-0.3, -0.25) is 4.79 Å². The first-order valence-electron chi connectivity index (χ1n) is 2.41. The summed E-state index contributed by atoms with van der Waals surface area (Å²) in [5.74, 6) is 0. The molecule has 0 atom stereocenters. The van der Waals surface area contributed by atoms with Crippen LogP contribution in [0.15, 0.2) is 0 Å². The lowest BCUT2D eigenvalue weighted by atomic mass is 10.5. The standard InChI is InChI=1S/C5H8NO2/c7-4-1-2-6-3-5-8/h4,6H,1-3H2. The Labute approximate surface area is 48.1 Å². The van der Waals surface area contributed by atoms with E-state index in [2.05, 4.69) is 5.32 Å². The van der Waals surface area contributed by atoms with E-state index in [-0.39, 0.29) is 6.54 Å². The first-order valence-corrected chi connectivity index (χ1v) is 2.41. The highest BCUT2D eigenvalue weighted by Crippen LogP contribution is 1.63. The Morgan fingerprint density at radius 1 is 1.62 bits per heavy atom. The highest BCUT2D eigenvalue weighted by molar-refractivity contribution is 5.53. The van der Waals surface area contributed by atoms with Gasteiger partial charge in [-0.1, -0.05) is 0 Å². The molecule has 8 heavy (non-hydrogen) atoms. The number of carbonyl (C=O) groups excluding carboxylic acids is 2. The predicted octanol–water partition coefficient (Wildman–Crippen LogP) is -0.725. The summed E-state index contributed by atoms with van der Waals surface area (Å²) in [4.78, 5) is 19.1. The van der Waals surface area contributed by atoms with Crippen molar-refractivity contribution in [3.63, 3.8) is 0 Å². The largest absolute Gasteiger partial charge is 0.309 e. The van der Waals surface area contributed by atoms with Crippen LogP contribution in [0.5, 0.6) is 0 Å². The normalized spacial score (nSPS) is 8.50. The molecule has 3 nitrogen and oxygen atoms in total. The van der Waals surface area contributed by atoms with Crippen molar-refractivity contribution in [2.45, 2.75) is 6.42 Å². The van der Waals surface area contributed by atoms with Crippen molar-refractivity contribution in [1.82, 2.24) is 5.32 Å². The molecule has 0 rings (SSSR count). The van der Waals surface area contributed by atoms with E-state index in [0.717, 1.165) is 6.29 Å². The van der Waals surface area contributed by atoms with Crippen molar-refractivity contribution in [3.8, 4) is 0 Å². The molecular formula is C5H8NO2. The Bertz CT molecular complexity index is 62.8. The zero-order valence-corrected chi connectivity index (χ0v) is 4.52. The van der Waals surface area contributed by atoms with Crippen LogP contribution in [-0.4, -0.2) is 25.7 Å². The van der Waals surface area contributed by atoms with Crippen LogP contribution >= 0.6 is 0 Å². The summed E-state index contributed by atoms with van der Waals surface area (Å²) in [7, 11) is 0. The molecule has 0 aromatic heterocycles. The fourth-order valence-electron chi connectivity index (χ4n) is 0.300. The van der Waals surface area contributed by atoms with Gasteiger partial charge in [0.05, 0.1) is 6.54 Å². The Morgan fingerprint density at radius 2 is 2.38 bits per heavy atom. The van der Waals surface area contributed by atoms with Crippen molar-refractivity contribution in [1.29, 1.82) is 0 Å². The minimum absolute atomic E-state index is 0.216. The third-order valence-corrected chi connectivity index (χ3v) is 0.636. The number of carbonyl (C=O) groups is 1. The molecule has 0 aliphatic rings. The monoisotopic (exact) mass is 114 g/mol. The second-order valence-electron chi connectivity index (χ2n) is 1.28. The van der Waals surface area contributed by atoms with Crippen LogP contribution in [0.4, 0.5) is 0 Å². The zero-order valence-electron chi connectivity index (χ0n) is 4.52. The number of nitrogens with one attached hydrogen (secondary N) is 1. The van der Waals surface area contributed by atoms with Crippen molar-refractivity contribution < 1.29 is 9.59 Å². The lowest BCUT2D eigenvalue weighted by Crippen LogP contribution is -2.17. The molecule has 0 aromatic carbocycles. The molecule has 0 aliphatic heterocycles. The Balaban J connectivity index is 2.71. The van der Waals surface area contributed by atoms with Gasteiger partial charge in [0, 0.05) is 13.0 Å². The quantitative estimate of drug-likeness (QED) is 0.379. The van der Waals surface area contributed by atoms with Gasteiger partial charge in [-0.25, -0.2) is 0 Å². The minimum atomic E-state index is 0.216. The summed E-state index contributed by atoms with van der Waals surface area (Å²) < 4.78 is 0. The van der Waals surface area contributed by atoms with Gasteiger partial charge >= 0.3 is 0 Å². The first kappa shape index (κ1) is 7.30. The second kappa shape index (κ2) is 6.30. The lowest BCUT2D eigenvalue weighted by molar-refractivity contribution is -0.107. The number of hydrogen-bond donors (Lipinski definition) is 1. The highest BCUT2D eigenvalue weighted by Gasteiger charge is 1.81. The summed E-state index contributed by atoms with van der Waals surface area (Å²) in [6.07, 6.45) is 2.91. The third kappa shape index (κ3) is 5.30. The van der Waals surface area contributed by atoms with Gasteiger partial charge in [0.1, 0.15) is 6.29 Å². The predicted molar refractivity (Wildman–Crippen MR) is 29.2 cm³/mol. The fourth-order valence-corrected chi connectivity index (χ4v) is 0.300. The molecule has 0 bridgehead atoms. The fraction of sp³-hybridized carbons (Fsp3) is 0.600. The maximum absolute atomic E-state index is 9.63. The van der Waals surface area contributed by atoms with Crippen LogP contribution in [0, 0.1) is 0 Å². The smallest absolute Gasteiger partial charge is 0.213 e. The zero-order chi connectivity index (χ0) is 6.24. The van der Waals surface area contributed by atoms with Gasteiger partial charge in [0.2, 0.25) is 6.29 Å². The Hall–Kier alpha value is -0.700. The Kier molecular flexibility index (Phi) is 5.75. The van der Waals surface area contributed by atoms with E-state index in [9.17, 15) is 9.59 Å². The van der Waals surface area contributed by atoms with Crippen LogP contribution in [0.3, 0.4) is 0 Å². The summed E-state index contributed by atoms with van der Waals surface area (Å²) in [5.41, 5.74) is 0. The molecular weight excluding hydrogens is 106 g/mol. The summed E-state index contributed by atoms with van der Waals surface area (Å²) in [5, 5.41) is 2.68. The highest BCUT2D eigenvalue weighted by atomic mass is 16.1. The number of hydrogen-bond acceptors (Lipinski definition) is 3. The molecule has 0 heterocycles. The molecule has 0 saturated carbocycles. The van der Waals surface area contributed by atoms with Crippen LogP contribution in [0.25, 0.3) is 0 Å². The molecule has 0 aromatic rings. The average Bonchev–Trinajstić information content (AvgIpc) is 1.81. The van der Waals surface area contributed by atoms with E-state index in [0.29, 0.717) is 13.0 Å². The molecule has 1 N–H and O–H groups in total. The summed E-state index contributed by atoms with van der Waals surface area (Å²) in [6, 6.07) is 0. The van der Waals surface area contributed by atoms with Crippen molar-refractivity contribution in [2.75, 3.05) is 13.1 Å². The molecule has 45 valence electrons. The van der Waals surface area contributed by atoms with Crippen LogP contribution in [0.2, 0.25) is 0 Å². The molecule has 0 aliphatic carbocycles. The lowest BCUT2D eigenvalue weighted by Gasteiger charge is -1.90. The van der Waals surface area contributed by atoms with Gasteiger partial charge in [-0.2, -0.15) is 0 Å². The topological polar surface area (TPSA) is 46.2 Å². The molecule has 0 fully saturated rings. The van der Waals surface area contributed by atoms with Crippen LogP contribution < -0.4 is 5.32 Å². The van der Waals surface area contributed by atoms with Gasteiger partial charge in [-0.15, -0.1) is 0 Å². The van der Waals surface area contributed by atoms with E-state index in [4.69, 9.17) is 0 Å². The molecule has 3 heteroatoms. The maximum Gasteiger partial charge on any atom is 0.213 e. The number of aldehydes is 1. The summed E-state index contributed by atoms with van der Waals surface area (Å²) in [6.45, 7) is 0.784. The van der Waals surface area contributed by atoms with Crippen molar-refractivity contribution in [2.24, 2.45) is 0 Å². The SMILES string of the molecule is O=[C]CNCCC=O. The molecule has 0 spiro atoms. The maximum atomic E-state index is 9.63. The van der Waals surface area contributed by atoms with Gasteiger partial charge in [0.25, 0.3) is 0 Å². The van der Waals surface area contributed by atoms with Gasteiger partial charge < -0.3 is 10.1 Å². The number of rotatable bonds is 5. The van der Waals surface area contributed by atoms with E-state index in [1.54, 1.807) is 6.29 Å². The minimum Gasteiger partial charge on any atom is -0.309 e. The van der Waals surface area contributed by atoms with Gasteiger partial charge in [-0.05, 0) is 0 Å². The molecule has 0 amide bonds. The van der Waals surface area contributed by atoms with E-state index in [1.807, 2.05) is 0 Å². The van der Waals surface area contributed by atoms with E-state index < -0.39 is 0 Å². The summed E-state index contributed by atoms with van der Waals surface area (Å²) >= 11 is 0. The second-order valence-corrected chi connectivity index (χ2v) is 1.28. The molecule has 1 radical (unpaired) electrons. The average molecular weight is 114 g/mol.